The summed E-state index contributed by atoms with van der Waals surface area (Å²) in [5.41, 5.74) is 8.19. The van der Waals surface area contributed by atoms with E-state index >= 15 is 4.39 Å². The number of allylic oxidation sites excluding steroid dienone is 2. The first-order valence-electron chi connectivity index (χ1n) is 14.3. The second-order valence-electron chi connectivity index (χ2n) is 12.5. The van der Waals surface area contributed by atoms with E-state index in [2.05, 4.69) is 38.1 Å². The van der Waals surface area contributed by atoms with E-state index in [1.54, 1.807) is 6.07 Å². The van der Waals surface area contributed by atoms with Gasteiger partial charge in [0.15, 0.2) is 0 Å². The van der Waals surface area contributed by atoms with Gasteiger partial charge in [0.05, 0.1) is 5.92 Å². The molecule has 202 valence electrons. The summed E-state index contributed by atoms with van der Waals surface area (Å²) in [4.78, 5) is 11.8. The van der Waals surface area contributed by atoms with Crippen LogP contribution in [-0.4, -0.2) is 11.1 Å². The van der Waals surface area contributed by atoms with E-state index in [9.17, 15) is 9.90 Å². The zero-order chi connectivity index (χ0) is 27.4. The minimum atomic E-state index is -0.684. The smallest absolute Gasteiger partial charge is 0.307 e. The molecule has 0 heterocycles. The van der Waals surface area contributed by atoms with Crippen molar-refractivity contribution < 1.29 is 19.0 Å². The van der Waals surface area contributed by atoms with Gasteiger partial charge in [-0.05, 0) is 115 Å². The number of hydrogen-bond acceptors (Lipinski definition) is 2. The van der Waals surface area contributed by atoms with E-state index in [-0.39, 0.29) is 22.6 Å². The molecular formula is C35H37FO3. The molecule has 1 N–H and O–H groups in total. The topological polar surface area (TPSA) is 46.5 Å². The largest absolute Gasteiger partial charge is 0.489 e. The Morgan fingerprint density at radius 3 is 2.59 bits per heavy atom. The number of aryl methyl sites for hydroxylation is 2. The van der Waals surface area contributed by atoms with Crippen LogP contribution in [0.5, 0.6) is 5.75 Å². The van der Waals surface area contributed by atoms with Crippen LogP contribution in [0.4, 0.5) is 4.39 Å². The van der Waals surface area contributed by atoms with E-state index in [1.807, 2.05) is 37.3 Å². The van der Waals surface area contributed by atoms with E-state index in [1.165, 1.54) is 16.7 Å². The van der Waals surface area contributed by atoms with Gasteiger partial charge in [-0.1, -0.05) is 56.2 Å². The maximum absolute atomic E-state index is 15.0. The number of halogens is 1. The van der Waals surface area contributed by atoms with Crippen LogP contribution in [0.2, 0.25) is 0 Å². The molecule has 39 heavy (non-hydrogen) atoms. The van der Waals surface area contributed by atoms with Gasteiger partial charge >= 0.3 is 5.97 Å². The van der Waals surface area contributed by atoms with Crippen molar-refractivity contribution in [3.05, 3.63) is 94.3 Å². The second kappa shape index (κ2) is 9.66. The molecule has 1 fully saturated rings. The first-order valence-corrected chi connectivity index (χ1v) is 14.3. The van der Waals surface area contributed by atoms with E-state index in [0.29, 0.717) is 12.2 Å². The third-order valence-electron chi connectivity index (χ3n) is 9.35. The first kappa shape index (κ1) is 25.9. The average molecular weight is 525 g/mol. The van der Waals surface area contributed by atoms with Crippen LogP contribution in [0.1, 0.15) is 80.2 Å². The lowest BCUT2D eigenvalue weighted by atomic mass is 9.79. The van der Waals surface area contributed by atoms with E-state index < -0.39 is 5.97 Å². The van der Waals surface area contributed by atoms with Crippen LogP contribution in [0, 0.1) is 24.1 Å². The Balaban J connectivity index is 1.32. The number of fused-ring (bicyclic) bond motifs is 2. The summed E-state index contributed by atoms with van der Waals surface area (Å²) in [6, 6.07) is 17.8. The van der Waals surface area contributed by atoms with Gasteiger partial charge in [-0.3, -0.25) is 4.79 Å². The highest BCUT2D eigenvalue weighted by Crippen LogP contribution is 2.60. The van der Waals surface area contributed by atoms with Crippen LogP contribution < -0.4 is 4.74 Å². The van der Waals surface area contributed by atoms with Crippen molar-refractivity contribution in [2.45, 2.75) is 77.7 Å². The summed E-state index contributed by atoms with van der Waals surface area (Å²) in [5.74, 6) is -0.400. The predicted octanol–water partition coefficient (Wildman–Crippen LogP) is 8.65. The van der Waals surface area contributed by atoms with Crippen molar-refractivity contribution in [3.63, 3.8) is 0 Å². The van der Waals surface area contributed by atoms with Crippen molar-refractivity contribution in [1.82, 2.24) is 0 Å². The van der Waals surface area contributed by atoms with Crippen molar-refractivity contribution in [2.75, 3.05) is 0 Å². The monoisotopic (exact) mass is 524 g/mol. The Morgan fingerprint density at radius 1 is 1.00 bits per heavy atom. The number of ether oxygens (including phenoxy) is 1. The summed E-state index contributed by atoms with van der Waals surface area (Å²) in [6.07, 6.45) is 9.23. The maximum Gasteiger partial charge on any atom is 0.307 e. The number of carbonyl (C=O) groups is 1. The Morgan fingerprint density at radius 2 is 1.85 bits per heavy atom. The molecule has 3 aliphatic carbocycles. The van der Waals surface area contributed by atoms with Crippen molar-refractivity contribution in [1.29, 1.82) is 0 Å². The van der Waals surface area contributed by atoms with Crippen LogP contribution in [0.25, 0.3) is 16.7 Å². The summed E-state index contributed by atoms with van der Waals surface area (Å²) in [5, 5.41) is 9.74. The summed E-state index contributed by atoms with van der Waals surface area (Å²) in [7, 11) is 0. The van der Waals surface area contributed by atoms with Crippen molar-refractivity contribution in [2.24, 2.45) is 11.3 Å². The highest BCUT2D eigenvalue weighted by atomic mass is 19.1. The summed E-state index contributed by atoms with van der Waals surface area (Å²) in [6.45, 7) is 6.92. The number of benzene rings is 3. The molecule has 0 aromatic heterocycles. The molecule has 0 amide bonds. The number of rotatable bonds is 6. The van der Waals surface area contributed by atoms with Gasteiger partial charge < -0.3 is 9.84 Å². The Kier molecular flexibility index (Phi) is 6.40. The second-order valence-corrected chi connectivity index (χ2v) is 12.5. The van der Waals surface area contributed by atoms with Crippen LogP contribution in [-0.2, 0) is 23.2 Å². The normalized spacial score (nSPS) is 23.2. The molecule has 0 saturated heterocycles. The van der Waals surface area contributed by atoms with Crippen LogP contribution in [0.3, 0.4) is 0 Å². The standard InChI is InChI=1S/C35H37FO3/c1-22-9-14-32(36)28(17-22)26-13-10-23(18-27(26)29-8-6-15-34(29,2)3)21-39-25-12-11-24-7-4-5-16-35(30(24)19-25)20-31(35)33(37)38/h8-14,17-19,31H,4-7,15-16,20-21H2,1-3H3,(H,37,38)/t31-,35-/m0/s1. The van der Waals surface area contributed by atoms with Gasteiger partial charge in [0, 0.05) is 11.0 Å². The predicted molar refractivity (Wildman–Crippen MR) is 153 cm³/mol. The third kappa shape index (κ3) is 4.68. The molecule has 0 unspecified atom stereocenters. The fourth-order valence-electron chi connectivity index (χ4n) is 7.03. The van der Waals surface area contributed by atoms with Crippen molar-refractivity contribution in [3.8, 4) is 16.9 Å². The molecule has 3 aromatic carbocycles. The molecule has 0 aliphatic heterocycles. The Labute approximate surface area is 230 Å². The van der Waals surface area contributed by atoms with Gasteiger partial charge in [0.2, 0.25) is 0 Å². The SMILES string of the molecule is Cc1ccc(F)c(-c2ccc(COc3ccc4c(c3)[C@]3(CCCC4)C[C@H]3C(=O)O)cc2C2=CCCC2(C)C)c1. The van der Waals surface area contributed by atoms with Gasteiger partial charge in [0.25, 0.3) is 0 Å². The highest BCUT2D eigenvalue weighted by molar-refractivity contribution is 5.85. The van der Waals surface area contributed by atoms with Gasteiger partial charge in [-0.15, -0.1) is 0 Å². The van der Waals surface area contributed by atoms with Gasteiger partial charge in [-0.25, -0.2) is 4.39 Å². The quantitative estimate of drug-likeness (QED) is 0.351. The Bertz CT molecular complexity index is 1480. The van der Waals surface area contributed by atoms with Gasteiger partial charge in [0.1, 0.15) is 18.2 Å². The molecule has 4 heteroatoms. The third-order valence-corrected chi connectivity index (χ3v) is 9.35. The Hall–Kier alpha value is -3.40. The first-order chi connectivity index (χ1) is 18.7. The summed E-state index contributed by atoms with van der Waals surface area (Å²) >= 11 is 0. The minimum Gasteiger partial charge on any atom is -0.489 e. The lowest BCUT2D eigenvalue weighted by Gasteiger charge is -2.25. The molecule has 0 bridgehead atoms. The maximum atomic E-state index is 15.0. The minimum absolute atomic E-state index is 0.0186. The van der Waals surface area contributed by atoms with Crippen molar-refractivity contribution >= 4 is 11.5 Å². The molecule has 3 aliphatic rings. The fourth-order valence-corrected chi connectivity index (χ4v) is 7.03. The molecular weight excluding hydrogens is 487 g/mol. The zero-order valence-corrected chi connectivity index (χ0v) is 23.1. The highest BCUT2D eigenvalue weighted by Gasteiger charge is 2.60. The van der Waals surface area contributed by atoms with Crippen LogP contribution in [0.15, 0.2) is 60.7 Å². The number of hydrogen-bond donors (Lipinski definition) is 1. The number of carboxylic acid groups (broad SMARTS) is 1. The lowest BCUT2D eigenvalue weighted by molar-refractivity contribution is -0.139. The van der Waals surface area contributed by atoms with E-state index in [4.69, 9.17) is 4.74 Å². The molecule has 1 spiro atoms. The molecule has 3 aromatic rings. The molecule has 3 nitrogen and oxygen atoms in total. The van der Waals surface area contributed by atoms with Gasteiger partial charge in [-0.2, -0.15) is 0 Å². The summed E-state index contributed by atoms with van der Waals surface area (Å²) < 4.78 is 21.3. The number of carboxylic acids is 1. The molecule has 1 saturated carbocycles. The fraction of sp³-hybridized carbons (Fsp3) is 0.400. The molecule has 2 atom stereocenters. The molecule has 0 radical (unpaired) electrons. The van der Waals surface area contributed by atoms with Crippen LogP contribution >= 0.6 is 0 Å². The zero-order valence-electron chi connectivity index (χ0n) is 23.1. The lowest BCUT2D eigenvalue weighted by Crippen LogP contribution is -2.16. The van der Waals surface area contributed by atoms with E-state index in [0.717, 1.165) is 72.9 Å². The average Bonchev–Trinajstić information content (AvgIpc) is 3.59. The number of aliphatic carboxylic acids is 1. The molecule has 6 rings (SSSR count).